The van der Waals surface area contributed by atoms with E-state index in [4.69, 9.17) is 82.6 Å². The van der Waals surface area contributed by atoms with E-state index in [2.05, 4.69) is 0 Å². The third-order valence-corrected chi connectivity index (χ3v) is 11.6. The maximum Gasteiger partial charge on any atom is 1.00 e. The molecule has 0 saturated carbocycles. The molecule has 9 rings (SSSR count). The standard InChI is InChI=1S/C21H25BO5.C16H16BNO6.C10H12BNO3.2C2H4O2.CH3NO2.CH4.Na.H2O/c1-20(2)21(3,4)27-22(26-20)19-17(13-23)11-8-12-18(19)25-15-24-14-16-9-6-5-7-10-16;19-17-16-13(15(24-17)9-18(20)21)7-4-8-14(16)23-11-22-10-12-5-2-1-3-6-12;12-6-9-7-2-1-3-8-10(7)11(15-9)14-5-4-13-8;3*1-2(3)4;;;/h5-13H,14-15H2,1-4H3;1-8,15,19H,9-11H2;1-3,9H,4-6,12H2;2*1H3,(H,3,4);1H3;1H4;;1H2/q;;;;;;;+1;/p-1. The molecule has 0 aromatic heterocycles. The van der Waals surface area contributed by atoms with E-state index in [1.807, 2.05) is 107 Å². The van der Waals surface area contributed by atoms with Crippen LogP contribution >= 0.6 is 0 Å². The average molecular weight is 1140 g/mol. The summed E-state index contributed by atoms with van der Waals surface area (Å²) in [5, 5.41) is 44.3. The summed E-state index contributed by atoms with van der Waals surface area (Å²) in [6, 6.07) is 35.8. The second-order valence-electron chi connectivity index (χ2n) is 18.1. The van der Waals surface area contributed by atoms with Crippen molar-refractivity contribution in [2.45, 2.75) is 85.6 Å². The second-order valence-corrected chi connectivity index (χ2v) is 18.1. The molecule has 4 heterocycles. The Labute approximate surface area is 493 Å². The number of fused-ring (bicyclic) bond motifs is 1. The molecular formula is C53H69B3N3NaO21. The van der Waals surface area contributed by atoms with Crippen molar-refractivity contribution in [2.75, 3.05) is 46.9 Å². The summed E-state index contributed by atoms with van der Waals surface area (Å²) in [5.74, 6) is 0.121. The zero-order chi connectivity index (χ0) is 57.4. The van der Waals surface area contributed by atoms with Crippen molar-refractivity contribution in [3.05, 3.63) is 163 Å². The predicted octanol–water partition coefficient (Wildman–Crippen LogP) is 1.99. The minimum atomic E-state index is -1.24. The second kappa shape index (κ2) is 36.2. The number of ether oxygens (including phenoxy) is 5. The number of carbonyl (C=O) groups excluding carboxylic acids is 1. The number of benzene rings is 5. The van der Waals surface area contributed by atoms with Crippen LogP contribution < -0.4 is 65.9 Å². The summed E-state index contributed by atoms with van der Waals surface area (Å²) in [5.41, 5.74) is 10.9. The Morgan fingerprint density at radius 1 is 0.704 bits per heavy atom. The topological polar surface area (TPSA) is 346 Å². The number of nitro groups is 2. The number of hydrogen-bond acceptors (Lipinski definition) is 20. The van der Waals surface area contributed by atoms with Gasteiger partial charge in [-0.15, -0.1) is 0 Å². The van der Waals surface area contributed by atoms with Gasteiger partial charge in [0.2, 0.25) is 6.54 Å². The van der Waals surface area contributed by atoms with Gasteiger partial charge < -0.3 is 73.4 Å². The molecule has 1 saturated heterocycles. The average Bonchev–Trinajstić information content (AvgIpc) is 4.00. The predicted molar refractivity (Wildman–Crippen MR) is 295 cm³/mol. The van der Waals surface area contributed by atoms with E-state index >= 15 is 0 Å². The van der Waals surface area contributed by atoms with Crippen LogP contribution in [0.25, 0.3) is 0 Å². The minimum absolute atomic E-state index is 0. The van der Waals surface area contributed by atoms with Crippen molar-refractivity contribution in [3.63, 3.8) is 0 Å². The largest absolute Gasteiger partial charge is 1.00 e. The molecule has 1 fully saturated rings. The van der Waals surface area contributed by atoms with E-state index in [1.54, 1.807) is 36.4 Å². The van der Waals surface area contributed by atoms with Gasteiger partial charge in [0.15, 0.2) is 20.6 Å². The number of rotatable bonds is 15. The fraction of sp³-hybridized carbons (Fsp3) is 0.377. The van der Waals surface area contributed by atoms with E-state index in [0.717, 1.165) is 55.1 Å². The molecule has 24 nitrogen and oxygen atoms in total. The molecule has 28 heteroatoms. The first kappa shape index (κ1) is 72.7. The number of carbonyl (C=O) groups is 3. The smallest absolute Gasteiger partial charge is 0.870 e. The summed E-state index contributed by atoms with van der Waals surface area (Å²) in [7, 11) is -1.33. The van der Waals surface area contributed by atoms with Crippen LogP contribution in [0.5, 0.6) is 17.2 Å². The van der Waals surface area contributed by atoms with E-state index in [0.29, 0.717) is 66.5 Å². The van der Waals surface area contributed by atoms with Crippen molar-refractivity contribution in [3.8, 4) is 17.2 Å². The summed E-state index contributed by atoms with van der Waals surface area (Å²) >= 11 is 0. The van der Waals surface area contributed by atoms with Gasteiger partial charge in [0.1, 0.15) is 36.2 Å². The Morgan fingerprint density at radius 3 is 1.63 bits per heavy atom. The van der Waals surface area contributed by atoms with Crippen molar-refractivity contribution in [1.82, 2.24) is 0 Å². The van der Waals surface area contributed by atoms with Crippen LogP contribution in [0.4, 0.5) is 0 Å². The van der Waals surface area contributed by atoms with Crippen molar-refractivity contribution < 1.29 is 121 Å². The Balaban J connectivity index is 0.000000554. The first-order chi connectivity index (χ1) is 37.1. The van der Waals surface area contributed by atoms with E-state index in [1.165, 1.54) is 0 Å². The van der Waals surface area contributed by atoms with Gasteiger partial charge in [0, 0.05) is 52.2 Å². The maximum absolute atomic E-state index is 11.6. The normalized spacial score (nSPS) is 15.9. The number of aldehydes is 1. The molecule has 0 radical (unpaired) electrons. The molecule has 0 bridgehead atoms. The number of nitrogens with two attached hydrogens (primary N) is 1. The van der Waals surface area contributed by atoms with Crippen LogP contribution in [0.3, 0.4) is 0 Å². The number of hydrogen-bond donors (Lipinski definition) is 4. The van der Waals surface area contributed by atoms with Crippen LogP contribution in [0.15, 0.2) is 115 Å². The van der Waals surface area contributed by atoms with Gasteiger partial charge in [-0.1, -0.05) is 104 Å². The number of carboxylic acids is 2. The first-order valence-electron chi connectivity index (χ1n) is 24.3. The molecule has 432 valence electrons. The van der Waals surface area contributed by atoms with Crippen molar-refractivity contribution in [2.24, 2.45) is 5.73 Å². The Bertz CT molecular complexity index is 2680. The van der Waals surface area contributed by atoms with Gasteiger partial charge in [0.05, 0.1) is 37.1 Å². The number of carboxylic acid groups (broad SMARTS) is 2. The van der Waals surface area contributed by atoms with Gasteiger partial charge in [-0.2, -0.15) is 0 Å². The zero-order valence-corrected chi connectivity index (χ0v) is 47.8. The van der Waals surface area contributed by atoms with Gasteiger partial charge in [-0.05, 0) is 68.1 Å². The van der Waals surface area contributed by atoms with E-state index in [-0.39, 0.29) is 69.3 Å². The van der Waals surface area contributed by atoms with Crippen LogP contribution in [0.1, 0.15) is 93.8 Å². The van der Waals surface area contributed by atoms with Crippen LogP contribution in [-0.2, 0) is 55.5 Å². The molecule has 4 aliphatic rings. The van der Waals surface area contributed by atoms with Crippen molar-refractivity contribution >= 4 is 56.0 Å². The SMILES string of the molecule is C.CC(=O)O.CC(=O)O.CC1(C)OB(c2c(C=O)cccc2OCOCc2ccccc2)OC1(C)C.C[N+](=O)[O-].NCC1OB2OCCOc3cccc1c32.O=[N+]([O-])CC1OB(O)c2c(OCOCc3ccccc3)cccc21.[Na+].[OH-]. The fourth-order valence-corrected chi connectivity index (χ4v) is 7.61. The van der Waals surface area contributed by atoms with E-state index in [9.17, 15) is 19.9 Å². The maximum atomic E-state index is 11.6. The third-order valence-electron chi connectivity index (χ3n) is 11.6. The van der Waals surface area contributed by atoms with Gasteiger partial charge in [-0.3, -0.25) is 34.6 Å². The molecule has 5 aromatic rings. The minimum Gasteiger partial charge on any atom is -0.870 e. The molecule has 0 amide bonds. The quantitative estimate of drug-likeness (QED) is 0.0291. The molecule has 5 aromatic carbocycles. The molecule has 2 atom stereocenters. The summed E-state index contributed by atoms with van der Waals surface area (Å²) < 4.78 is 56.8. The summed E-state index contributed by atoms with van der Waals surface area (Å²) in [6.45, 7) is 12.1. The van der Waals surface area contributed by atoms with Crippen LogP contribution in [0.2, 0.25) is 0 Å². The first-order valence-corrected chi connectivity index (χ1v) is 24.3. The van der Waals surface area contributed by atoms with Gasteiger partial charge in [-0.25, -0.2) is 0 Å². The molecule has 0 aliphatic carbocycles. The molecule has 0 spiro atoms. The Morgan fingerprint density at radius 2 is 1.16 bits per heavy atom. The molecule has 6 N–H and O–H groups in total. The van der Waals surface area contributed by atoms with E-state index < -0.39 is 59.9 Å². The molecule has 81 heavy (non-hydrogen) atoms. The zero-order valence-electron chi connectivity index (χ0n) is 45.8. The van der Waals surface area contributed by atoms with Gasteiger partial charge >= 0.3 is 50.9 Å². The Kier molecular flexibility index (Phi) is 32.5. The summed E-state index contributed by atoms with van der Waals surface area (Å²) in [6.07, 6.45) is -0.0524. The molecule has 2 unspecified atom stereocenters. The molecular weight excluding hydrogens is 1070 g/mol. The Hall–Kier alpha value is -6.30. The van der Waals surface area contributed by atoms with Crippen LogP contribution in [-0.4, -0.2) is 128 Å². The van der Waals surface area contributed by atoms with Crippen molar-refractivity contribution in [1.29, 1.82) is 0 Å². The van der Waals surface area contributed by atoms with Crippen LogP contribution in [0, 0.1) is 20.2 Å². The third kappa shape index (κ3) is 23.2. The monoisotopic (exact) mass is 1140 g/mol. The van der Waals surface area contributed by atoms with Gasteiger partial charge in [0.25, 0.3) is 11.9 Å². The fourth-order valence-electron chi connectivity index (χ4n) is 7.61. The number of aliphatic carboxylic acids is 2. The molecule has 4 aliphatic heterocycles. The summed E-state index contributed by atoms with van der Waals surface area (Å²) in [4.78, 5) is 48.1. The number of nitrogens with zero attached hydrogens (tertiary/aromatic N) is 2.